The fourth-order valence-corrected chi connectivity index (χ4v) is 9.24. The maximum absolute atomic E-state index is 12.9. The lowest BCUT2D eigenvalue weighted by atomic mass is 10.0. The van der Waals surface area contributed by atoms with Gasteiger partial charge in [-0.15, -0.1) is 0 Å². The monoisotopic (exact) mass is 1100 g/mol. The van der Waals surface area contributed by atoms with Crippen molar-refractivity contribution >= 4 is 17.9 Å². The van der Waals surface area contributed by atoms with Crippen LogP contribution in [-0.2, 0) is 28.6 Å². The van der Waals surface area contributed by atoms with Crippen molar-refractivity contribution in [1.82, 2.24) is 0 Å². The molecule has 0 aromatic heterocycles. The molecule has 0 spiro atoms. The average molecular weight is 1100 g/mol. The van der Waals surface area contributed by atoms with Crippen LogP contribution in [0.25, 0.3) is 0 Å². The Labute approximate surface area is 489 Å². The lowest BCUT2D eigenvalue weighted by molar-refractivity contribution is -0.167. The molecule has 0 aliphatic rings. The minimum absolute atomic E-state index is 0.0898. The molecule has 0 aliphatic heterocycles. The summed E-state index contributed by atoms with van der Waals surface area (Å²) in [7, 11) is 0. The van der Waals surface area contributed by atoms with Crippen LogP contribution in [0.2, 0.25) is 0 Å². The van der Waals surface area contributed by atoms with Gasteiger partial charge in [0.1, 0.15) is 13.2 Å². The summed E-state index contributed by atoms with van der Waals surface area (Å²) in [5.41, 5.74) is 0. The molecule has 0 N–H and O–H groups in total. The van der Waals surface area contributed by atoms with Crippen molar-refractivity contribution in [1.29, 1.82) is 0 Å². The molecule has 0 radical (unpaired) electrons. The van der Waals surface area contributed by atoms with E-state index in [4.69, 9.17) is 14.2 Å². The number of hydrogen-bond donors (Lipinski definition) is 0. The first kappa shape index (κ1) is 75.1. The Bertz CT molecular complexity index is 1590. The lowest BCUT2D eigenvalue weighted by Gasteiger charge is -2.18. The first-order valence-corrected chi connectivity index (χ1v) is 33.4. The quantitative estimate of drug-likeness (QED) is 0.0261. The van der Waals surface area contributed by atoms with Gasteiger partial charge in [-0.2, -0.15) is 0 Å². The SMILES string of the molecule is CC/C=C\C/C=C\C/C=C\C/C=C\CCCCCCCCC(=O)OC(COC(=O)CCCCCCC/C=C\C/C=C\CCCCC)COC(=O)CCCCCCCCCCCCCC/C=C\C/C=C\C/C=C\CCCCCCC. The van der Waals surface area contributed by atoms with Crippen LogP contribution in [0.5, 0.6) is 0 Å². The number of carbonyl (C=O) groups excluding carboxylic acids is 3. The van der Waals surface area contributed by atoms with E-state index in [-0.39, 0.29) is 31.1 Å². The van der Waals surface area contributed by atoms with Crippen LogP contribution < -0.4 is 0 Å². The molecule has 1 unspecified atom stereocenters. The molecule has 6 heteroatoms. The summed E-state index contributed by atoms with van der Waals surface area (Å²) in [4.78, 5) is 38.4. The highest BCUT2D eigenvalue weighted by molar-refractivity contribution is 5.71. The largest absolute Gasteiger partial charge is 0.462 e. The van der Waals surface area contributed by atoms with Gasteiger partial charge in [-0.05, 0) is 128 Å². The van der Waals surface area contributed by atoms with E-state index in [1.165, 1.54) is 141 Å². The van der Waals surface area contributed by atoms with Crippen molar-refractivity contribution in [3.8, 4) is 0 Å². The number of allylic oxidation sites excluding steroid dienone is 18. The Kier molecular flexibility index (Phi) is 63.3. The summed E-state index contributed by atoms with van der Waals surface area (Å²) in [6, 6.07) is 0. The number of hydrogen-bond acceptors (Lipinski definition) is 6. The van der Waals surface area contributed by atoms with Crippen molar-refractivity contribution in [2.45, 2.75) is 322 Å². The smallest absolute Gasteiger partial charge is 0.306 e. The molecular weight excluding hydrogens is 973 g/mol. The zero-order valence-corrected chi connectivity index (χ0v) is 51.9. The third-order valence-corrected chi connectivity index (χ3v) is 14.2. The van der Waals surface area contributed by atoms with Gasteiger partial charge in [-0.3, -0.25) is 14.4 Å². The summed E-state index contributed by atoms with van der Waals surface area (Å²) >= 11 is 0. The van der Waals surface area contributed by atoms with Gasteiger partial charge >= 0.3 is 17.9 Å². The first-order valence-electron chi connectivity index (χ1n) is 33.4. The molecule has 0 aliphatic carbocycles. The van der Waals surface area contributed by atoms with Crippen molar-refractivity contribution in [3.05, 3.63) is 109 Å². The van der Waals surface area contributed by atoms with Gasteiger partial charge < -0.3 is 14.2 Å². The van der Waals surface area contributed by atoms with E-state index < -0.39 is 6.10 Å². The lowest BCUT2D eigenvalue weighted by Crippen LogP contribution is -2.30. The fraction of sp³-hybridized carbons (Fsp3) is 0.712. The minimum atomic E-state index is -0.796. The van der Waals surface area contributed by atoms with Crippen LogP contribution in [-0.4, -0.2) is 37.2 Å². The van der Waals surface area contributed by atoms with Crippen molar-refractivity contribution in [3.63, 3.8) is 0 Å². The predicted molar refractivity (Wildman–Crippen MR) is 343 cm³/mol. The molecule has 0 rings (SSSR count). The van der Waals surface area contributed by atoms with Gasteiger partial charge in [-0.1, -0.05) is 278 Å². The number of esters is 3. The van der Waals surface area contributed by atoms with Gasteiger partial charge in [0.25, 0.3) is 0 Å². The third-order valence-electron chi connectivity index (χ3n) is 14.2. The molecule has 0 aromatic rings. The van der Waals surface area contributed by atoms with Crippen LogP contribution in [0.4, 0.5) is 0 Å². The minimum Gasteiger partial charge on any atom is -0.462 e. The zero-order chi connectivity index (χ0) is 57.1. The van der Waals surface area contributed by atoms with E-state index in [9.17, 15) is 14.4 Å². The molecule has 0 saturated heterocycles. The van der Waals surface area contributed by atoms with Crippen molar-refractivity contribution in [2.24, 2.45) is 0 Å². The molecule has 452 valence electrons. The highest BCUT2D eigenvalue weighted by Crippen LogP contribution is 2.16. The van der Waals surface area contributed by atoms with E-state index in [2.05, 4.69) is 130 Å². The third kappa shape index (κ3) is 64.8. The maximum Gasteiger partial charge on any atom is 0.306 e. The van der Waals surface area contributed by atoms with Gasteiger partial charge in [0.05, 0.1) is 0 Å². The van der Waals surface area contributed by atoms with Crippen LogP contribution in [0.1, 0.15) is 316 Å². The molecule has 0 saturated carbocycles. The van der Waals surface area contributed by atoms with E-state index in [1.807, 2.05) is 0 Å². The number of rotatable bonds is 60. The van der Waals surface area contributed by atoms with Crippen molar-refractivity contribution in [2.75, 3.05) is 13.2 Å². The van der Waals surface area contributed by atoms with Crippen molar-refractivity contribution < 1.29 is 28.6 Å². The Balaban J connectivity index is 4.35. The van der Waals surface area contributed by atoms with Crippen LogP contribution in [0, 0.1) is 0 Å². The van der Waals surface area contributed by atoms with E-state index in [0.29, 0.717) is 19.3 Å². The molecule has 0 heterocycles. The molecule has 0 bridgehead atoms. The molecule has 6 nitrogen and oxygen atoms in total. The highest BCUT2D eigenvalue weighted by atomic mass is 16.6. The summed E-state index contributed by atoms with van der Waals surface area (Å²) in [5, 5.41) is 0. The summed E-state index contributed by atoms with van der Waals surface area (Å²) in [6.07, 6.45) is 90.9. The predicted octanol–water partition coefficient (Wildman–Crippen LogP) is 23.0. The van der Waals surface area contributed by atoms with Gasteiger partial charge in [0.15, 0.2) is 6.10 Å². The molecule has 79 heavy (non-hydrogen) atoms. The molecule has 0 aromatic carbocycles. The summed E-state index contributed by atoms with van der Waals surface area (Å²) in [6.45, 7) is 6.49. The second-order valence-electron chi connectivity index (χ2n) is 22.0. The fourth-order valence-electron chi connectivity index (χ4n) is 9.24. The molecular formula is C73H124O6. The Morgan fingerprint density at radius 3 is 0.797 bits per heavy atom. The second kappa shape index (κ2) is 66.6. The molecule has 0 fully saturated rings. The summed E-state index contributed by atoms with van der Waals surface area (Å²) in [5.74, 6) is -0.911. The molecule has 0 amide bonds. The van der Waals surface area contributed by atoms with E-state index >= 15 is 0 Å². The zero-order valence-electron chi connectivity index (χ0n) is 51.9. The average Bonchev–Trinajstić information content (AvgIpc) is 3.45. The first-order chi connectivity index (χ1) is 39.0. The van der Waals surface area contributed by atoms with E-state index in [0.717, 1.165) is 135 Å². The Hall–Kier alpha value is -3.93. The summed E-state index contributed by atoms with van der Waals surface area (Å²) < 4.78 is 16.9. The topological polar surface area (TPSA) is 78.9 Å². The van der Waals surface area contributed by atoms with Crippen LogP contribution in [0.3, 0.4) is 0 Å². The highest BCUT2D eigenvalue weighted by Gasteiger charge is 2.19. The number of ether oxygens (including phenoxy) is 3. The number of unbranched alkanes of at least 4 members (excludes halogenated alkanes) is 31. The maximum atomic E-state index is 12.9. The van der Waals surface area contributed by atoms with Crippen LogP contribution in [0.15, 0.2) is 109 Å². The Morgan fingerprint density at radius 1 is 0.266 bits per heavy atom. The van der Waals surface area contributed by atoms with Crippen LogP contribution >= 0.6 is 0 Å². The van der Waals surface area contributed by atoms with Gasteiger partial charge in [0, 0.05) is 19.3 Å². The van der Waals surface area contributed by atoms with Gasteiger partial charge in [0.2, 0.25) is 0 Å². The molecule has 1 atom stereocenters. The number of carbonyl (C=O) groups is 3. The van der Waals surface area contributed by atoms with E-state index in [1.54, 1.807) is 0 Å². The standard InChI is InChI=1S/C73H124O6/c1-4-7-10-13-16-19-22-25-28-30-32-33-34-35-36-37-38-39-41-42-45-48-51-54-57-60-63-66-72(75)78-69-70(68-77-71(74)65-62-59-56-53-50-47-44-27-24-21-18-15-12-9-6-3)79-73(76)67-64-61-58-55-52-49-46-43-40-31-29-26-23-20-17-14-11-8-5-2/h8,11,17-18,20-22,25-27,29-30,32,34-35,40,43-44,70H,4-7,9-10,12-16,19,23-24,28,31,33,36-39,41-42,45-69H2,1-3H3/b11-8-,20-17-,21-18-,25-22-,29-26-,32-30-,35-34-,43-40-,44-27-. The normalized spacial score (nSPS) is 12.8. The Morgan fingerprint density at radius 2 is 0.494 bits per heavy atom. The second-order valence-corrected chi connectivity index (χ2v) is 22.0. The van der Waals surface area contributed by atoms with Gasteiger partial charge in [-0.25, -0.2) is 0 Å².